The van der Waals surface area contributed by atoms with Crippen molar-refractivity contribution in [2.45, 2.75) is 26.9 Å². The van der Waals surface area contributed by atoms with Gasteiger partial charge in [0.1, 0.15) is 12.1 Å². The first kappa shape index (κ1) is 16.6. The second kappa shape index (κ2) is 7.12. The summed E-state index contributed by atoms with van der Waals surface area (Å²) in [5.41, 5.74) is 3.80. The normalized spacial score (nSPS) is 11.8. The number of benzene rings is 2. The van der Waals surface area contributed by atoms with Crippen LogP contribution in [0.4, 0.5) is 5.69 Å². The van der Waals surface area contributed by atoms with Crippen LogP contribution in [0.5, 0.6) is 5.75 Å². The lowest BCUT2D eigenvalue weighted by atomic mass is 10.1. The monoisotopic (exact) mass is 337 g/mol. The van der Waals surface area contributed by atoms with Crippen molar-refractivity contribution in [1.29, 1.82) is 0 Å². The average Bonchev–Trinajstić information content (AvgIpc) is 3.13. The number of rotatable bonds is 5. The number of tetrazole rings is 1. The van der Waals surface area contributed by atoms with Crippen molar-refractivity contribution >= 4 is 11.6 Å². The first-order chi connectivity index (χ1) is 12.0. The summed E-state index contributed by atoms with van der Waals surface area (Å²) in [5, 5.41) is 13.8. The molecule has 0 aliphatic heterocycles. The Morgan fingerprint density at radius 1 is 1.12 bits per heavy atom. The van der Waals surface area contributed by atoms with Crippen molar-refractivity contribution in [1.82, 2.24) is 20.2 Å². The molecule has 0 aliphatic rings. The van der Waals surface area contributed by atoms with Gasteiger partial charge in [0.2, 0.25) is 0 Å². The van der Waals surface area contributed by atoms with Crippen LogP contribution in [0.15, 0.2) is 48.8 Å². The van der Waals surface area contributed by atoms with Gasteiger partial charge in [0.25, 0.3) is 5.91 Å². The molecule has 1 atom stereocenters. The number of amides is 1. The molecule has 0 radical (unpaired) electrons. The molecule has 2 aromatic carbocycles. The van der Waals surface area contributed by atoms with Crippen LogP contribution in [0.2, 0.25) is 0 Å². The molecule has 0 fully saturated rings. The summed E-state index contributed by atoms with van der Waals surface area (Å²) in [5.74, 6) is 0.466. The maximum absolute atomic E-state index is 12.3. The number of hydrogen-bond donors (Lipinski definition) is 1. The Hall–Kier alpha value is -3.22. The van der Waals surface area contributed by atoms with E-state index in [0.29, 0.717) is 11.4 Å². The highest BCUT2D eigenvalue weighted by Crippen LogP contribution is 2.18. The molecular weight excluding hydrogens is 318 g/mol. The fourth-order valence-corrected chi connectivity index (χ4v) is 2.27. The van der Waals surface area contributed by atoms with E-state index in [0.717, 1.165) is 11.3 Å². The fraction of sp³-hybridized carbons (Fsp3) is 0.222. The van der Waals surface area contributed by atoms with Gasteiger partial charge in [-0.05, 0) is 78.7 Å². The Balaban J connectivity index is 1.62. The van der Waals surface area contributed by atoms with Crippen LogP contribution in [-0.2, 0) is 4.79 Å². The Labute approximate surface area is 145 Å². The molecule has 3 rings (SSSR count). The Kier molecular flexibility index (Phi) is 4.74. The van der Waals surface area contributed by atoms with Crippen LogP contribution in [0.1, 0.15) is 18.1 Å². The van der Waals surface area contributed by atoms with Gasteiger partial charge >= 0.3 is 0 Å². The summed E-state index contributed by atoms with van der Waals surface area (Å²) in [6, 6.07) is 13.0. The van der Waals surface area contributed by atoms with Crippen LogP contribution in [-0.4, -0.2) is 32.2 Å². The Morgan fingerprint density at radius 2 is 1.88 bits per heavy atom. The summed E-state index contributed by atoms with van der Waals surface area (Å²) >= 11 is 0. The standard InChI is InChI=1S/C18H19N5O2/c1-12-4-9-17(10-13(12)2)25-14(3)18(24)20-15-5-7-16(8-6-15)23-11-19-21-22-23/h4-11,14H,1-3H3,(H,20,24). The molecule has 0 saturated heterocycles. The summed E-state index contributed by atoms with van der Waals surface area (Å²) in [6.07, 6.45) is 0.897. The van der Waals surface area contributed by atoms with E-state index in [1.54, 1.807) is 19.1 Å². The third-order valence-corrected chi connectivity index (χ3v) is 3.91. The number of hydrogen-bond acceptors (Lipinski definition) is 5. The number of carbonyl (C=O) groups excluding carboxylic acids is 1. The third-order valence-electron chi connectivity index (χ3n) is 3.91. The van der Waals surface area contributed by atoms with Crippen molar-refractivity contribution in [3.8, 4) is 11.4 Å². The number of anilines is 1. The van der Waals surface area contributed by atoms with Crippen LogP contribution < -0.4 is 10.1 Å². The molecule has 7 heteroatoms. The maximum Gasteiger partial charge on any atom is 0.265 e. The van der Waals surface area contributed by atoms with Crippen LogP contribution in [0.25, 0.3) is 5.69 Å². The van der Waals surface area contributed by atoms with Gasteiger partial charge in [0, 0.05) is 5.69 Å². The van der Waals surface area contributed by atoms with E-state index in [1.807, 2.05) is 44.2 Å². The zero-order chi connectivity index (χ0) is 17.8. The molecule has 25 heavy (non-hydrogen) atoms. The summed E-state index contributed by atoms with van der Waals surface area (Å²) in [6.45, 7) is 5.77. The van der Waals surface area contributed by atoms with Gasteiger partial charge in [-0.2, -0.15) is 0 Å². The number of nitrogens with zero attached hydrogens (tertiary/aromatic N) is 4. The lowest BCUT2D eigenvalue weighted by Crippen LogP contribution is -2.30. The fourth-order valence-electron chi connectivity index (χ4n) is 2.27. The van der Waals surface area contributed by atoms with Crippen LogP contribution >= 0.6 is 0 Å². The molecular formula is C18H19N5O2. The number of aromatic nitrogens is 4. The highest BCUT2D eigenvalue weighted by atomic mass is 16.5. The van der Waals surface area contributed by atoms with Crippen molar-refractivity contribution in [2.75, 3.05) is 5.32 Å². The van der Waals surface area contributed by atoms with Crippen molar-refractivity contribution in [2.24, 2.45) is 0 Å². The largest absolute Gasteiger partial charge is 0.481 e. The predicted molar refractivity (Wildman–Crippen MR) is 93.8 cm³/mol. The van der Waals surface area contributed by atoms with E-state index < -0.39 is 6.10 Å². The molecule has 1 heterocycles. The molecule has 1 unspecified atom stereocenters. The minimum absolute atomic E-state index is 0.214. The molecule has 128 valence electrons. The highest BCUT2D eigenvalue weighted by Gasteiger charge is 2.15. The van der Waals surface area contributed by atoms with E-state index in [1.165, 1.54) is 16.6 Å². The number of ether oxygens (including phenoxy) is 1. The number of carbonyl (C=O) groups is 1. The molecule has 1 N–H and O–H groups in total. The van der Waals surface area contributed by atoms with Gasteiger partial charge in [-0.25, -0.2) is 4.68 Å². The van der Waals surface area contributed by atoms with Gasteiger partial charge < -0.3 is 10.1 Å². The molecule has 7 nitrogen and oxygen atoms in total. The number of nitrogens with one attached hydrogen (secondary N) is 1. The van der Waals surface area contributed by atoms with Gasteiger partial charge in [-0.1, -0.05) is 6.07 Å². The zero-order valence-electron chi connectivity index (χ0n) is 14.3. The minimum Gasteiger partial charge on any atom is -0.481 e. The molecule has 1 aromatic heterocycles. The Bertz CT molecular complexity index is 860. The van der Waals surface area contributed by atoms with Gasteiger partial charge in [-0.3, -0.25) is 4.79 Å². The smallest absolute Gasteiger partial charge is 0.265 e. The number of aryl methyl sites for hydroxylation is 2. The summed E-state index contributed by atoms with van der Waals surface area (Å²) in [7, 11) is 0. The van der Waals surface area contributed by atoms with E-state index in [2.05, 4.69) is 20.8 Å². The van der Waals surface area contributed by atoms with E-state index in [-0.39, 0.29) is 5.91 Å². The first-order valence-corrected chi connectivity index (χ1v) is 7.91. The molecule has 0 aliphatic carbocycles. The van der Waals surface area contributed by atoms with Crippen LogP contribution in [0, 0.1) is 13.8 Å². The van der Waals surface area contributed by atoms with E-state index >= 15 is 0 Å². The molecule has 3 aromatic rings. The molecule has 0 bridgehead atoms. The maximum atomic E-state index is 12.3. The van der Waals surface area contributed by atoms with E-state index in [9.17, 15) is 4.79 Å². The predicted octanol–water partition coefficient (Wildman–Crippen LogP) is 2.69. The molecule has 0 saturated carbocycles. The molecule has 0 spiro atoms. The quantitative estimate of drug-likeness (QED) is 0.774. The topological polar surface area (TPSA) is 81.9 Å². The zero-order valence-corrected chi connectivity index (χ0v) is 14.3. The third kappa shape index (κ3) is 4.00. The molecule has 1 amide bonds. The SMILES string of the molecule is Cc1ccc(OC(C)C(=O)Nc2ccc(-n3cnnn3)cc2)cc1C. The second-order valence-electron chi connectivity index (χ2n) is 5.80. The first-order valence-electron chi connectivity index (χ1n) is 7.91. The van der Waals surface area contributed by atoms with Crippen molar-refractivity contribution < 1.29 is 9.53 Å². The van der Waals surface area contributed by atoms with E-state index in [4.69, 9.17) is 4.74 Å². The van der Waals surface area contributed by atoms with Crippen molar-refractivity contribution in [3.63, 3.8) is 0 Å². The second-order valence-corrected chi connectivity index (χ2v) is 5.80. The lowest BCUT2D eigenvalue weighted by Gasteiger charge is -2.15. The highest BCUT2D eigenvalue weighted by molar-refractivity contribution is 5.94. The lowest BCUT2D eigenvalue weighted by molar-refractivity contribution is -0.122. The summed E-state index contributed by atoms with van der Waals surface area (Å²) in [4.78, 5) is 12.3. The summed E-state index contributed by atoms with van der Waals surface area (Å²) < 4.78 is 7.26. The van der Waals surface area contributed by atoms with Gasteiger partial charge in [-0.15, -0.1) is 5.10 Å². The van der Waals surface area contributed by atoms with Gasteiger partial charge in [0.05, 0.1) is 5.69 Å². The average molecular weight is 337 g/mol. The van der Waals surface area contributed by atoms with Gasteiger partial charge in [0.15, 0.2) is 6.10 Å². The van der Waals surface area contributed by atoms with Crippen molar-refractivity contribution in [3.05, 3.63) is 59.9 Å². The minimum atomic E-state index is -0.610. The van der Waals surface area contributed by atoms with Crippen LogP contribution in [0.3, 0.4) is 0 Å². The Morgan fingerprint density at radius 3 is 2.52 bits per heavy atom.